The Kier molecular flexibility index (Phi) is 5.82. The van der Waals surface area contributed by atoms with Crippen LogP contribution in [0.5, 0.6) is 0 Å². The van der Waals surface area contributed by atoms with E-state index < -0.39 is 23.8 Å². The van der Waals surface area contributed by atoms with Crippen LogP contribution in [-0.2, 0) is 20.7 Å². The lowest BCUT2D eigenvalue weighted by atomic mass is 10.0. The van der Waals surface area contributed by atoms with Crippen LogP contribution in [0.3, 0.4) is 0 Å². The Bertz CT molecular complexity index is 1090. The van der Waals surface area contributed by atoms with E-state index in [2.05, 4.69) is 4.98 Å². The third kappa shape index (κ3) is 4.06. The molecule has 0 amide bonds. The molecule has 0 aliphatic carbocycles. The molecule has 1 heterocycles. The van der Waals surface area contributed by atoms with Gasteiger partial charge in [0.1, 0.15) is 0 Å². The van der Waals surface area contributed by atoms with Gasteiger partial charge in [0.15, 0.2) is 6.10 Å². The number of ketones is 1. The Balaban J connectivity index is 1.74. The van der Waals surface area contributed by atoms with Crippen molar-refractivity contribution in [1.82, 2.24) is 4.98 Å². The maximum Gasteiger partial charge on any atom is 0.339 e. The highest BCUT2D eigenvalue weighted by Gasteiger charge is 2.27. The van der Waals surface area contributed by atoms with Crippen LogP contribution in [0.15, 0.2) is 42.5 Å². The number of H-pyrrole nitrogens is 1. The number of benzene rings is 2. The summed E-state index contributed by atoms with van der Waals surface area (Å²) in [7, 11) is 1.29. The maximum absolute atomic E-state index is 12.8. The highest BCUT2D eigenvalue weighted by atomic mass is 16.5. The van der Waals surface area contributed by atoms with Crippen LogP contribution in [0.1, 0.15) is 44.6 Å². The predicted octanol–water partition coefficient (Wildman–Crippen LogP) is 3.93. The fraction of sp³-hybridized carbons (Fsp3) is 0.261. The zero-order valence-electron chi connectivity index (χ0n) is 16.9. The molecule has 3 rings (SSSR count). The third-order valence-corrected chi connectivity index (χ3v) is 4.97. The summed E-state index contributed by atoms with van der Waals surface area (Å²) in [6, 6.07) is 13.5. The topological polar surface area (TPSA) is 85.5 Å². The van der Waals surface area contributed by atoms with Crippen molar-refractivity contribution in [3.05, 3.63) is 70.5 Å². The highest BCUT2D eigenvalue weighted by Crippen LogP contribution is 2.22. The molecule has 0 fully saturated rings. The molecule has 150 valence electrons. The molecular weight excluding hydrogens is 370 g/mol. The Morgan fingerprint density at radius 2 is 1.72 bits per heavy atom. The van der Waals surface area contributed by atoms with Crippen molar-refractivity contribution in [2.75, 3.05) is 7.11 Å². The number of carbonyl (C=O) groups excluding carboxylic acids is 3. The summed E-state index contributed by atoms with van der Waals surface area (Å²) in [4.78, 5) is 40.1. The van der Waals surface area contributed by atoms with E-state index >= 15 is 0 Å². The van der Waals surface area contributed by atoms with Crippen LogP contribution in [0, 0.1) is 13.8 Å². The first-order valence-electron chi connectivity index (χ1n) is 9.31. The minimum absolute atomic E-state index is 0.0646. The minimum Gasteiger partial charge on any atom is -0.465 e. The molecule has 0 aliphatic rings. The van der Waals surface area contributed by atoms with Gasteiger partial charge >= 0.3 is 11.9 Å². The molecule has 6 nitrogen and oxygen atoms in total. The van der Waals surface area contributed by atoms with Gasteiger partial charge in [0.25, 0.3) is 0 Å². The molecule has 0 saturated carbocycles. The number of fused-ring (bicyclic) bond motifs is 1. The first-order chi connectivity index (χ1) is 13.8. The number of hydrogen-bond donors (Lipinski definition) is 1. The normalized spacial score (nSPS) is 11.9. The molecule has 1 atom stereocenters. The van der Waals surface area contributed by atoms with Crippen LogP contribution in [-0.4, -0.2) is 35.9 Å². The van der Waals surface area contributed by atoms with Gasteiger partial charge < -0.3 is 14.5 Å². The molecule has 1 aromatic heterocycles. The van der Waals surface area contributed by atoms with Gasteiger partial charge in [0.05, 0.1) is 24.8 Å². The Labute approximate surface area is 168 Å². The average molecular weight is 393 g/mol. The summed E-state index contributed by atoms with van der Waals surface area (Å²) in [6.45, 7) is 4.87. The van der Waals surface area contributed by atoms with Crippen LogP contribution in [0.4, 0.5) is 0 Å². The lowest BCUT2D eigenvalue weighted by Gasteiger charge is -2.13. The van der Waals surface area contributed by atoms with Gasteiger partial charge in [-0.25, -0.2) is 4.79 Å². The third-order valence-electron chi connectivity index (χ3n) is 4.97. The molecule has 1 N–H and O–H groups in total. The molecule has 0 spiro atoms. The number of esters is 2. The lowest BCUT2D eigenvalue weighted by molar-refractivity contribution is -0.145. The molecular formula is C23H23NO5. The number of nitrogens with one attached hydrogen (secondary N) is 1. The zero-order chi connectivity index (χ0) is 21.1. The number of hydrogen-bond acceptors (Lipinski definition) is 5. The van der Waals surface area contributed by atoms with Gasteiger partial charge in [-0.3, -0.25) is 9.59 Å². The molecule has 0 aliphatic heterocycles. The van der Waals surface area contributed by atoms with Crippen LogP contribution in [0.25, 0.3) is 10.8 Å². The Morgan fingerprint density at radius 3 is 2.45 bits per heavy atom. The van der Waals surface area contributed by atoms with Crippen molar-refractivity contribution in [3.8, 4) is 0 Å². The van der Waals surface area contributed by atoms with E-state index in [0.717, 1.165) is 16.3 Å². The molecule has 0 radical (unpaired) electrons. The van der Waals surface area contributed by atoms with Crippen LogP contribution >= 0.6 is 0 Å². The largest absolute Gasteiger partial charge is 0.465 e. The second-order valence-electron chi connectivity index (χ2n) is 6.93. The van der Waals surface area contributed by atoms with Crippen molar-refractivity contribution in [2.45, 2.75) is 33.3 Å². The molecule has 6 heteroatoms. The zero-order valence-corrected chi connectivity index (χ0v) is 16.9. The fourth-order valence-corrected chi connectivity index (χ4v) is 3.50. The second-order valence-corrected chi connectivity index (χ2v) is 6.93. The second kappa shape index (κ2) is 8.31. The summed E-state index contributed by atoms with van der Waals surface area (Å²) in [5.41, 5.74) is 2.43. The summed E-state index contributed by atoms with van der Waals surface area (Å²) >= 11 is 0. The van der Waals surface area contributed by atoms with Crippen molar-refractivity contribution in [3.63, 3.8) is 0 Å². The highest BCUT2D eigenvalue weighted by molar-refractivity contribution is 6.04. The number of aryl methyl sites for hydroxylation is 1. The predicted molar refractivity (Wildman–Crippen MR) is 109 cm³/mol. The minimum atomic E-state index is -0.986. The van der Waals surface area contributed by atoms with E-state index in [9.17, 15) is 14.4 Å². The summed E-state index contributed by atoms with van der Waals surface area (Å²) < 4.78 is 10.1. The molecule has 0 saturated heterocycles. The van der Waals surface area contributed by atoms with Crippen molar-refractivity contribution in [1.29, 1.82) is 0 Å². The standard InChI is InChI=1S/C23H23NO5/c1-13-20(23(27)28-4)14(2)24-21(13)22(26)15(3)29-19(25)12-17-10-7-9-16-8-5-6-11-18(16)17/h5-11,15,24H,12H2,1-4H3/t15-/m1/s1. The molecule has 0 unspecified atom stereocenters. The van der Waals surface area contributed by atoms with E-state index in [4.69, 9.17) is 9.47 Å². The van der Waals surface area contributed by atoms with E-state index in [1.165, 1.54) is 14.0 Å². The monoisotopic (exact) mass is 393 g/mol. The first kappa shape index (κ1) is 20.3. The van der Waals surface area contributed by atoms with E-state index in [0.29, 0.717) is 16.8 Å². The van der Waals surface area contributed by atoms with Crippen molar-refractivity contribution < 1.29 is 23.9 Å². The van der Waals surface area contributed by atoms with Crippen molar-refractivity contribution in [2.24, 2.45) is 0 Å². The van der Waals surface area contributed by atoms with Gasteiger partial charge in [0.2, 0.25) is 5.78 Å². The molecule has 2 aromatic carbocycles. The molecule has 3 aromatic rings. The smallest absolute Gasteiger partial charge is 0.339 e. The van der Waals surface area contributed by atoms with Gasteiger partial charge in [-0.15, -0.1) is 0 Å². The number of ether oxygens (including phenoxy) is 2. The quantitative estimate of drug-likeness (QED) is 0.507. The first-order valence-corrected chi connectivity index (χ1v) is 9.31. The van der Waals surface area contributed by atoms with E-state index in [1.54, 1.807) is 13.8 Å². The maximum atomic E-state index is 12.8. The molecule has 0 bridgehead atoms. The number of rotatable bonds is 6. The fourth-order valence-electron chi connectivity index (χ4n) is 3.50. The number of methoxy groups -OCH3 is 1. The summed E-state index contributed by atoms with van der Waals surface area (Å²) in [6.07, 6.45) is -0.922. The molecule has 29 heavy (non-hydrogen) atoms. The van der Waals surface area contributed by atoms with Gasteiger partial charge in [-0.1, -0.05) is 42.5 Å². The van der Waals surface area contributed by atoms with Gasteiger partial charge in [-0.05, 0) is 42.7 Å². The van der Waals surface area contributed by atoms with Gasteiger partial charge in [0, 0.05) is 5.69 Å². The number of aromatic nitrogens is 1. The number of carbonyl (C=O) groups is 3. The van der Waals surface area contributed by atoms with E-state index in [1.807, 2.05) is 42.5 Å². The van der Waals surface area contributed by atoms with Crippen LogP contribution in [0.2, 0.25) is 0 Å². The number of Topliss-reactive ketones (excluding diaryl/α,β-unsaturated/α-hetero) is 1. The summed E-state index contributed by atoms with van der Waals surface area (Å²) in [5, 5.41) is 2.01. The average Bonchev–Trinajstić information content (AvgIpc) is 3.01. The van der Waals surface area contributed by atoms with Crippen LogP contribution < -0.4 is 0 Å². The summed E-state index contributed by atoms with van der Waals surface area (Å²) in [5.74, 6) is -1.40. The van der Waals surface area contributed by atoms with Gasteiger partial charge in [-0.2, -0.15) is 0 Å². The lowest BCUT2D eigenvalue weighted by Crippen LogP contribution is -2.26. The van der Waals surface area contributed by atoms with E-state index in [-0.39, 0.29) is 12.1 Å². The Morgan fingerprint density at radius 1 is 1.03 bits per heavy atom. The van der Waals surface area contributed by atoms with Crippen molar-refractivity contribution >= 4 is 28.5 Å². The Hall–Kier alpha value is -3.41. The number of aromatic amines is 1. The SMILES string of the molecule is COC(=O)c1c(C)[nH]c(C(=O)[C@@H](C)OC(=O)Cc2cccc3ccccc23)c1C.